The van der Waals surface area contributed by atoms with E-state index in [2.05, 4.69) is 17.0 Å². The fourth-order valence-electron chi connectivity index (χ4n) is 2.30. The highest BCUT2D eigenvalue weighted by atomic mass is 35.5. The SMILES string of the molecule is COCCN(CCOC)S(=O)(=O)NCC1(C)CCNCC1.Cl. The third-order valence-electron chi connectivity index (χ3n) is 3.92. The Labute approximate surface area is 140 Å². The third kappa shape index (κ3) is 7.54. The van der Waals surface area contributed by atoms with E-state index in [0.29, 0.717) is 32.8 Å². The molecular weight excluding hydrogens is 330 g/mol. The van der Waals surface area contributed by atoms with Crippen LogP contribution in [0.5, 0.6) is 0 Å². The lowest BCUT2D eigenvalue weighted by Crippen LogP contribution is -2.48. The molecule has 0 aromatic heterocycles. The molecule has 0 saturated carbocycles. The molecule has 2 N–H and O–H groups in total. The third-order valence-corrected chi connectivity index (χ3v) is 5.48. The highest BCUT2D eigenvalue weighted by Crippen LogP contribution is 2.27. The van der Waals surface area contributed by atoms with Gasteiger partial charge in [-0.05, 0) is 31.3 Å². The summed E-state index contributed by atoms with van der Waals surface area (Å²) < 4.78 is 38.9. The number of rotatable bonds is 10. The molecule has 1 aliphatic heterocycles. The van der Waals surface area contributed by atoms with Crippen molar-refractivity contribution in [2.75, 3.05) is 60.2 Å². The van der Waals surface area contributed by atoms with E-state index in [1.54, 1.807) is 14.2 Å². The maximum absolute atomic E-state index is 12.4. The van der Waals surface area contributed by atoms with E-state index >= 15 is 0 Å². The van der Waals surface area contributed by atoms with Crippen LogP contribution in [0.25, 0.3) is 0 Å². The molecule has 0 spiro atoms. The Morgan fingerprint density at radius 3 is 2.09 bits per heavy atom. The zero-order valence-corrected chi connectivity index (χ0v) is 15.4. The second kappa shape index (κ2) is 10.7. The van der Waals surface area contributed by atoms with Gasteiger partial charge in [-0.25, -0.2) is 4.72 Å². The number of ether oxygens (including phenoxy) is 2. The number of halogens is 1. The predicted octanol–water partition coefficient (Wildman–Crippen LogP) is 0.227. The first-order chi connectivity index (χ1) is 9.93. The fourth-order valence-corrected chi connectivity index (χ4v) is 3.65. The van der Waals surface area contributed by atoms with Crippen LogP contribution in [0, 0.1) is 5.41 Å². The number of piperidine rings is 1. The summed E-state index contributed by atoms with van der Waals surface area (Å²) >= 11 is 0. The molecule has 0 aromatic rings. The summed E-state index contributed by atoms with van der Waals surface area (Å²) in [5.74, 6) is 0. The van der Waals surface area contributed by atoms with E-state index in [4.69, 9.17) is 9.47 Å². The summed E-state index contributed by atoms with van der Waals surface area (Å²) in [6.07, 6.45) is 1.96. The maximum Gasteiger partial charge on any atom is 0.279 e. The average molecular weight is 360 g/mol. The van der Waals surface area contributed by atoms with Crippen LogP contribution >= 0.6 is 12.4 Å². The number of hydrogen-bond acceptors (Lipinski definition) is 5. The van der Waals surface area contributed by atoms with Gasteiger partial charge in [0.1, 0.15) is 0 Å². The fraction of sp³-hybridized carbons (Fsp3) is 1.00. The van der Waals surface area contributed by atoms with Crippen molar-refractivity contribution >= 4 is 22.6 Å². The summed E-state index contributed by atoms with van der Waals surface area (Å²) in [6.45, 7) is 5.86. The lowest BCUT2D eigenvalue weighted by atomic mass is 9.81. The van der Waals surface area contributed by atoms with Crippen LogP contribution < -0.4 is 10.0 Å². The summed E-state index contributed by atoms with van der Waals surface area (Å²) in [5.41, 5.74) is 0.0203. The van der Waals surface area contributed by atoms with Gasteiger partial charge in [-0.1, -0.05) is 6.92 Å². The van der Waals surface area contributed by atoms with Crippen LogP contribution in [0.4, 0.5) is 0 Å². The predicted molar refractivity (Wildman–Crippen MR) is 89.7 cm³/mol. The summed E-state index contributed by atoms with van der Waals surface area (Å²) in [5, 5.41) is 3.29. The summed E-state index contributed by atoms with van der Waals surface area (Å²) in [7, 11) is -0.381. The van der Waals surface area contributed by atoms with Crippen molar-refractivity contribution in [1.82, 2.24) is 14.3 Å². The Hall–Kier alpha value is 0.0400. The standard InChI is InChI=1S/C13H29N3O4S.ClH/c1-13(4-6-14-7-5-13)12-15-21(17,18)16(8-10-19-2)9-11-20-3;/h14-15H,4-12H2,1-3H3;1H. The molecular formula is C13H30ClN3O4S. The van der Waals surface area contributed by atoms with Gasteiger partial charge in [-0.3, -0.25) is 0 Å². The first-order valence-electron chi connectivity index (χ1n) is 7.37. The number of hydrogen-bond donors (Lipinski definition) is 2. The maximum atomic E-state index is 12.4. The van der Waals surface area contributed by atoms with Crippen molar-refractivity contribution < 1.29 is 17.9 Å². The molecule has 22 heavy (non-hydrogen) atoms. The second-order valence-electron chi connectivity index (χ2n) is 5.77. The van der Waals surface area contributed by atoms with Crippen molar-refractivity contribution in [2.45, 2.75) is 19.8 Å². The minimum Gasteiger partial charge on any atom is -0.383 e. The van der Waals surface area contributed by atoms with Gasteiger partial charge in [0.05, 0.1) is 13.2 Å². The normalized spacial score (nSPS) is 18.2. The van der Waals surface area contributed by atoms with Gasteiger partial charge in [0.25, 0.3) is 10.2 Å². The largest absolute Gasteiger partial charge is 0.383 e. The second-order valence-corrected chi connectivity index (χ2v) is 7.53. The van der Waals surface area contributed by atoms with Gasteiger partial charge >= 0.3 is 0 Å². The number of methoxy groups -OCH3 is 2. The molecule has 0 unspecified atom stereocenters. The molecule has 1 heterocycles. The first-order valence-corrected chi connectivity index (χ1v) is 8.81. The van der Waals surface area contributed by atoms with Crippen molar-refractivity contribution in [2.24, 2.45) is 5.41 Å². The molecule has 1 aliphatic rings. The number of nitrogens with zero attached hydrogens (tertiary/aromatic N) is 1. The Balaban J connectivity index is 0.00000441. The van der Waals surface area contributed by atoms with Gasteiger partial charge in [0, 0.05) is 33.9 Å². The Morgan fingerprint density at radius 1 is 1.14 bits per heavy atom. The molecule has 0 aromatic carbocycles. The van der Waals surface area contributed by atoms with E-state index in [1.807, 2.05) is 0 Å². The molecule has 0 amide bonds. The Morgan fingerprint density at radius 2 is 1.64 bits per heavy atom. The van der Waals surface area contributed by atoms with Crippen LogP contribution in [0.1, 0.15) is 19.8 Å². The van der Waals surface area contributed by atoms with Crippen LogP contribution in [0.3, 0.4) is 0 Å². The molecule has 0 atom stereocenters. The van der Waals surface area contributed by atoms with Crippen LogP contribution in [-0.2, 0) is 19.7 Å². The van der Waals surface area contributed by atoms with E-state index in [9.17, 15) is 8.42 Å². The quantitative estimate of drug-likeness (QED) is 0.583. The van der Waals surface area contributed by atoms with Gasteiger partial charge in [-0.2, -0.15) is 12.7 Å². The molecule has 1 fully saturated rings. The van der Waals surface area contributed by atoms with Crippen LogP contribution in [-0.4, -0.2) is 72.9 Å². The lowest BCUT2D eigenvalue weighted by molar-refractivity contribution is 0.149. The van der Waals surface area contributed by atoms with E-state index in [0.717, 1.165) is 25.9 Å². The molecule has 134 valence electrons. The average Bonchev–Trinajstić information content (AvgIpc) is 2.46. The van der Waals surface area contributed by atoms with E-state index in [1.165, 1.54) is 4.31 Å². The van der Waals surface area contributed by atoms with Crippen LogP contribution in [0.2, 0.25) is 0 Å². The van der Waals surface area contributed by atoms with Gasteiger partial charge in [0.15, 0.2) is 0 Å². The number of nitrogens with one attached hydrogen (secondary N) is 2. The van der Waals surface area contributed by atoms with Crippen LogP contribution in [0.15, 0.2) is 0 Å². The van der Waals surface area contributed by atoms with Crippen molar-refractivity contribution in [1.29, 1.82) is 0 Å². The van der Waals surface area contributed by atoms with Gasteiger partial charge < -0.3 is 14.8 Å². The highest BCUT2D eigenvalue weighted by molar-refractivity contribution is 7.87. The van der Waals surface area contributed by atoms with Gasteiger partial charge in [0.2, 0.25) is 0 Å². The Bertz CT molecular complexity index is 381. The molecule has 1 saturated heterocycles. The summed E-state index contributed by atoms with van der Waals surface area (Å²) in [4.78, 5) is 0. The molecule has 1 rings (SSSR count). The van der Waals surface area contributed by atoms with Crippen molar-refractivity contribution in [3.63, 3.8) is 0 Å². The zero-order chi connectivity index (χ0) is 15.8. The topological polar surface area (TPSA) is 79.9 Å². The smallest absolute Gasteiger partial charge is 0.279 e. The molecule has 0 radical (unpaired) electrons. The molecule has 9 heteroatoms. The molecule has 7 nitrogen and oxygen atoms in total. The van der Waals surface area contributed by atoms with Crippen molar-refractivity contribution in [3.05, 3.63) is 0 Å². The Kier molecular flexibility index (Phi) is 10.8. The highest BCUT2D eigenvalue weighted by Gasteiger charge is 2.30. The minimum atomic E-state index is -3.50. The molecule has 0 aliphatic carbocycles. The zero-order valence-electron chi connectivity index (χ0n) is 13.8. The summed E-state index contributed by atoms with van der Waals surface area (Å²) in [6, 6.07) is 0. The minimum absolute atomic E-state index is 0. The van der Waals surface area contributed by atoms with E-state index < -0.39 is 10.2 Å². The lowest BCUT2D eigenvalue weighted by Gasteiger charge is -2.34. The monoisotopic (exact) mass is 359 g/mol. The van der Waals surface area contributed by atoms with Gasteiger partial charge in [-0.15, -0.1) is 12.4 Å². The van der Waals surface area contributed by atoms with Crippen molar-refractivity contribution in [3.8, 4) is 0 Å². The molecule has 0 bridgehead atoms. The first kappa shape index (κ1) is 22.0. The van der Waals surface area contributed by atoms with E-state index in [-0.39, 0.29) is 17.8 Å².